The molecule has 2 fully saturated rings. The number of hydrogen-bond acceptors (Lipinski definition) is 4. The molecule has 7 nitrogen and oxygen atoms in total. The first-order valence-electron chi connectivity index (χ1n) is 10.2. The molecule has 8 heteroatoms. The molecule has 2 saturated heterocycles. The highest BCUT2D eigenvalue weighted by Gasteiger charge is 2.33. The molecule has 0 spiro atoms. The molecule has 0 radical (unpaired) electrons. The lowest BCUT2D eigenvalue weighted by Gasteiger charge is -2.33. The van der Waals surface area contributed by atoms with Gasteiger partial charge >= 0.3 is 0 Å². The number of nitrogens with zero attached hydrogens (tertiary/aromatic N) is 3. The minimum absolute atomic E-state index is 0.0609. The number of carbonyl (C=O) groups excluding carboxylic acids is 1. The molecule has 2 rings (SSSR count). The summed E-state index contributed by atoms with van der Waals surface area (Å²) in [5.41, 5.74) is 0. The molecule has 26 heavy (non-hydrogen) atoms. The predicted octanol–water partition coefficient (Wildman–Crippen LogP) is 1.28. The van der Waals surface area contributed by atoms with Gasteiger partial charge in [0.15, 0.2) is 0 Å². The average Bonchev–Trinajstić information content (AvgIpc) is 3.16. The van der Waals surface area contributed by atoms with Crippen LogP contribution in [-0.2, 0) is 15.0 Å². The average molecular weight is 389 g/mol. The summed E-state index contributed by atoms with van der Waals surface area (Å²) >= 11 is 0. The first kappa shape index (κ1) is 21.6. The predicted molar refractivity (Wildman–Crippen MR) is 104 cm³/mol. The largest absolute Gasteiger partial charge is 0.356 e. The zero-order valence-corrected chi connectivity index (χ0v) is 17.3. The molecule has 0 atom stereocenters. The minimum atomic E-state index is -3.38. The van der Waals surface area contributed by atoms with Gasteiger partial charge in [-0.05, 0) is 58.2 Å². The van der Waals surface area contributed by atoms with Gasteiger partial charge in [-0.2, -0.15) is 17.0 Å². The van der Waals surface area contributed by atoms with E-state index in [4.69, 9.17) is 0 Å². The highest BCUT2D eigenvalue weighted by Crippen LogP contribution is 2.21. The molecule has 2 heterocycles. The van der Waals surface area contributed by atoms with Crippen molar-refractivity contribution in [2.75, 3.05) is 52.9 Å². The van der Waals surface area contributed by atoms with E-state index in [1.807, 2.05) is 0 Å². The van der Waals surface area contributed by atoms with Crippen LogP contribution in [0.15, 0.2) is 0 Å². The monoisotopic (exact) mass is 388 g/mol. The summed E-state index contributed by atoms with van der Waals surface area (Å²) in [7, 11) is -1.74. The van der Waals surface area contributed by atoms with Crippen molar-refractivity contribution in [3.8, 4) is 0 Å². The van der Waals surface area contributed by atoms with Crippen LogP contribution in [0.3, 0.4) is 0 Å². The summed E-state index contributed by atoms with van der Waals surface area (Å²) in [4.78, 5) is 14.8. The minimum Gasteiger partial charge on any atom is -0.356 e. The number of unbranched alkanes of at least 4 members (excludes halogenated alkanes) is 1. The molecule has 152 valence electrons. The van der Waals surface area contributed by atoms with Crippen LogP contribution >= 0.6 is 0 Å². The van der Waals surface area contributed by atoms with Crippen LogP contribution in [0, 0.1) is 5.92 Å². The lowest BCUT2D eigenvalue weighted by Crippen LogP contribution is -2.48. The molecule has 0 saturated carbocycles. The zero-order valence-electron chi connectivity index (χ0n) is 16.5. The van der Waals surface area contributed by atoms with E-state index in [1.54, 1.807) is 7.05 Å². The Morgan fingerprint density at radius 3 is 2.38 bits per heavy atom. The fraction of sp³-hybridized carbons (Fsp3) is 0.944. The summed E-state index contributed by atoms with van der Waals surface area (Å²) < 4.78 is 28.1. The Kier molecular flexibility index (Phi) is 8.79. The summed E-state index contributed by atoms with van der Waals surface area (Å²) in [6, 6.07) is 0. The van der Waals surface area contributed by atoms with Crippen molar-refractivity contribution in [2.45, 2.75) is 51.9 Å². The number of amides is 1. The first-order valence-corrected chi connectivity index (χ1v) is 11.6. The van der Waals surface area contributed by atoms with E-state index in [0.717, 1.165) is 25.8 Å². The van der Waals surface area contributed by atoms with E-state index in [1.165, 1.54) is 34.5 Å². The normalized spacial score (nSPS) is 20.7. The number of piperidine rings is 1. The maximum Gasteiger partial charge on any atom is 0.281 e. The summed E-state index contributed by atoms with van der Waals surface area (Å²) in [6.07, 6.45) is 6.63. The molecule has 0 unspecified atom stereocenters. The Labute approximate surface area is 159 Å². The number of hydrogen-bond donors (Lipinski definition) is 1. The Morgan fingerprint density at radius 2 is 1.77 bits per heavy atom. The lowest BCUT2D eigenvalue weighted by molar-refractivity contribution is -0.126. The van der Waals surface area contributed by atoms with Gasteiger partial charge in [-0.25, -0.2) is 0 Å². The van der Waals surface area contributed by atoms with Crippen molar-refractivity contribution in [3.63, 3.8) is 0 Å². The van der Waals surface area contributed by atoms with Crippen molar-refractivity contribution in [1.82, 2.24) is 18.8 Å². The van der Waals surface area contributed by atoms with E-state index < -0.39 is 10.2 Å². The van der Waals surface area contributed by atoms with E-state index in [-0.39, 0.29) is 11.8 Å². The number of nitrogens with one attached hydrogen (secondary N) is 1. The van der Waals surface area contributed by atoms with E-state index in [9.17, 15) is 13.2 Å². The number of rotatable bonds is 10. The fourth-order valence-corrected chi connectivity index (χ4v) is 5.13. The molecule has 0 bridgehead atoms. The van der Waals surface area contributed by atoms with Gasteiger partial charge in [-0.1, -0.05) is 13.3 Å². The van der Waals surface area contributed by atoms with Crippen LogP contribution in [0.5, 0.6) is 0 Å². The van der Waals surface area contributed by atoms with Gasteiger partial charge in [-0.15, -0.1) is 0 Å². The third kappa shape index (κ3) is 6.18. The van der Waals surface area contributed by atoms with Gasteiger partial charge in [0.25, 0.3) is 10.2 Å². The van der Waals surface area contributed by atoms with Gasteiger partial charge < -0.3 is 10.2 Å². The Hall–Kier alpha value is -0.700. The molecule has 1 amide bonds. The summed E-state index contributed by atoms with van der Waals surface area (Å²) in [6.45, 7) is 7.62. The third-order valence-corrected chi connectivity index (χ3v) is 7.51. The second kappa shape index (κ2) is 10.6. The van der Waals surface area contributed by atoms with Crippen molar-refractivity contribution >= 4 is 16.1 Å². The topological polar surface area (TPSA) is 73.0 Å². The molecular weight excluding hydrogens is 352 g/mol. The van der Waals surface area contributed by atoms with Crippen molar-refractivity contribution < 1.29 is 13.2 Å². The van der Waals surface area contributed by atoms with E-state index in [2.05, 4.69) is 17.1 Å². The second-order valence-corrected chi connectivity index (χ2v) is 9.58. The van der Waals surface area contributed by atoms with Crippen molar-refractivity contribution in [2.24, 2.45) is 5.92 Å². The highest BCUT2D eigenvalue weighted by atomic mass is 32.2. The van der Waals surface area contributed by atoms with E-state index >= 15 is 0 Å². The van der Waals surface area contributed by atoms with E-state index in [0.29, 0.717) is 39.0 Å². The Balaban J connectivity index is 1.67. The van der Waals surface area contributed by atoms with Gasteiger partial charge in [0.1, 0.15) is 0 Å². The second-order valence-electron chi connectivity index (χ2n) is 7.55. The maximum absolute atomic E-state index is 12.6. The molecule has 0 aromatic carbocycles. The molecule has 2 aliphatic rings. The van der Waals surface area contributed by atoms with Gasteiger partial charge in [0, 0.05) is 39.1 Å². The molecule has 2 aliphatic heterocycles. The molecule has 0 aliphatic carbocycles. The first-order chi connectivity index (χ1) is 12.4. The van der Waals surface area contributed by atoms with Crippen LogP contribution in [0.2, 0.25) is 0 Å². The summed E-state index contributed by atoms with van der Waals surface area (Å²) in [5, 5.41) is 3.04. The third-order valence-electron chi connectivity index (χ3n) is 5.52. The Morgan fingerprint density at radius 1 is 1.12 bits per heavy atom. The van der Waals surface area contributed by atoms with Crippen LogP contribution < -0.4 is 5.32 Å². The Bertz CT molecular complexity index is 527. The van der Waals surface area contributed by atoms with Crippen LogP contribution in [0.1, 0.15) is 51.9 Å². The summed E-state index contributed by atoms with van der Waals surface area (Å²) in [5.74, 6) is 0.0250. The van der Waals surface area contributed by atoms with Gasteiger partial charge in [0.05, 0.1) is 0 Å². The molecular formula is C18H36N4O3S. The molecule has 0 aromatic rings. The van der Waals surface area contributed by atoms with Crippen LogP contribution in [0.25, 0.3) is 0 Å². The molecule has 0 aromatic heterocycles. The van der Waals surface area contributed by atoms with Crippen molar-refractivity contribution in [3.05, 3.63) is 0 Å². The van der Waals surface area contributed by atoms with Gasteiger partial charge in [-0.3, -0.25) is 4.79 Å². The molecule has 1 N–H and O–H groups in total. The number of carbonyl (C=O) groups is 1. The van der Waals surface area contributed by atoms with Crippen LogP contribution in [0.4, 0.5) is 0 Å². The van der Waals surface area contributed by atoms with Gasteiger partial charge in [0.2, 0.25) is 5.91 Å². The highest BCUT2D eigenvalue weighted by molar-refractivity contribution is 7.86. The standard InChI is InChI=1S/C18H36N4O3S/c1-3-4-11-20(2)26(24,25)22-15-8-17(9-16-22)18(23)19-10-7-14-21-12-5-6-13-21/h17H,3-16H2,1-2H3,(H,19,23). The van der Waals surface area contributed by atoms with Crippen LogP contribution in [-0.4, -0.2) is 80.7 Å². The maximum atomic E-state index is 12.6. The lowest BCUT2D eigenvalue weighted by atomic mass is 9.97. The number of likely N-dealkylation sites (tertiary alicyclic amines) is 1. The quantitative estimate of drug-likeness (QED) is 0.572. The zero-order chi connectivity index (χ0) is 19.0. The fourth-order valence-electron chi connectivity index (χ4n) is 3.71. The SMILES string of the molecule is CCCCN(C)S(=O)(=O)N1CCC(C(=O)NCCCN2CCCC2)CC1. The van der Waals surface area contributed by atoms with Crippen molar-refractivity contribution in [1.29, 1.82) is 0 Å². The smallest absolute Gasteiger partial charge is 0.281 e.